The molecule has 0 unspecified atom stereocenters. The summed E-state index contributed by atoms with van der Waals surface area (Å²) in [7, 11) is 3.97. The van der Waals surface area contributed by atoms with Crippen molar-refractivity contribution < 1.29 is 19.4 Å². The highest BCUT2D eigenvalue weighted by Gasteiger charge is 2.61. The minimum Gasteiger partial charge on any atom is -0.390 e. The first-order valence-electron chi connectivity index (χ1n) is 14.3. The van der Waals surface area contributed by atoms with Crippen LogP contribution in [0.1, 0.15) is 69.7 Å². The molecule has 38 heavy (non-hydrogen) atoms. The molecule has 0 spiro atoms. The van der Waals surface area contributed by atoms with Crippen LogP contribution in [0.2, 0.25) is 0 Å². The number of anilines is 1. The fourth-order valence-corrected chi connectivity index (χ4v) is 7.20. The molecule has 8 nitrogen and oxygen atoms in total. The van der Waals surface area contributed by atoms with Crippen LogP contribution in [0.5, 0.6) is 0 Å². The van der Waals surface area contributed by atoms with E-state index in [-0.39, 0.29) is 34.6 Å². The molecular formula is C30H48N4O4. The average Bonchev–Trinajstić information content (AvgIpc) is 3.08. The van der Waals surface area contributed by atoms with Gasteiger partial charge in [0.05, 0.1) is 18.8 Å². The Bertz CT molecular complexity index is 971. The summed E-state index contributed by atoms with van der Waals surface area (Å²) >= 11 is 0. The number of hydrogen-bond acceptors (Lipinski definition) is 6. The topological polar surface area (TPSA) is 94.1 Å². The molecule has 1 aliphatic heterocycles. The quantitative estimate of drug-likeness (QED) is 0.456. The lowest BCUT2D eigenvalue weighted by molar-refractivity contribution is -0.123. The minimum atomic E-state index is -0.716. The summed E-state index contributed by atoms with van der Waals surface area (Å²) in [4.78, 5) is 30.7. The molecule has 1 aromatic rings. The van der Waals surface area contributed by atoms with Crippen molar-refractivity contribution in [2.45, 2.75) is 70.9 Å². The molecule has 0 aromatic heterocycles. The molecular weight excluding hydrogens is 480 g/mol. The molecule has 1 saturated heterocycles. The number of nitrogens with one attached hydrogen (secondary N) is 2. The van der Waals surface area contributed by atoms with Crippen molar-refractivity contribution in [3.05, 3.63) is 29.8 Å². The van der Waals surface area contributed by atoms with Crippen molar-refractivity contribution >= 4 is 17.5 Å². The summed E-state index contributed by atoms with van der Waals surface area (Å²) in [6.07, 6.45) is 4.17. The van der Waals surface area contributed by atoms with Gasteiger partial charge in [-0.1, -0.05) is 13.8 Å². The summed E-state index contributed by atoms with van der Waals surface area (Å²) in [6, 6.07) is 7.64. The number of morpholine rings is 1. The zero-order valence-electron chi connectivity index (χ0n) is 24.0. The Morgan fingerprint density at radius 3 is 2.42 bits per heavy atom. The molecule has 8 heteroatoms. The van der Waals surface area contributed by atoms with Gasteiger partial charge in [0, 0.05) is 64.0 Å². The Morgan fingerprint density at radius 2 is 1.76 bits per heavy atom. The van der Waals surface area contributed by atoms with Crippen molar-refractivity contribution in [3.63, 3.8) is 0 Å². The van der Waals surface area contributed by atoms with E-state index in [1.165, 1.54) is 0 Å². The lowest BCUT2D eigenvalue weighted by Crippen LogP contribution is -2.52. The van der Waals surface area contributed by atoms with Crippen LogP contribution in [-0.2, 0) is 9.53 Å². The van der Waals surface area contributed by atoms with Gasteiger partial charge in [-0.05, 0) is 80.0 Å². The van der Waals surface area contributed by atoms with Crippen LogP contribution in [0.25, 0.3) is 0 Å². The van der Waals surface area contributed by atoms with Gasteiger partial charge in [-0.2, -0.15) is 0 Å². The minimum absolute atomic E-state index is 0.0409. The Labute approximate surface area is 228 Å². The Kier molecular flexibility index (Phi) is 8.75. The number of hydrogen-bond donors (Lipinski definition) is 3. The molecule has 1 heterocycles. The fraction of sp³-hybridized carbons (Fsp3) is 0.733. The van der Waals surface area contributed by atoms with Gasteiger partial charge >= 0.3 is 0 Å². The normalized spacial score (nSPS) is 30.9. The van der Waals surface area contributed by atoms with E-state index in [1.54, 1.807) is 0 Å². The van der Waals surface area contributed by atoms with Gasteiger partial charge in [-0.3, -0.25) is 14.5 Å². The van der Waals surface area contributed by atoms with E-state index < -0.39 is 5.60 Å². The van der Waals surface area contributed by atoms with Gasteiger partial charge in [0.1, 0.15) is 0 Å². The number of carbonyl (C=O) groups excluding carboxylic acids is 2. The van der Waals surface area contributed by atoms with Crippen molar-refractivity contribution in [1.29, 1.82) is 0 Å². The SMILES string of the molecule is CN(C)c1ccc(C(=O)N[C@H]2CC(C)(C)[C@@H]3C[C@](C)(O)CC[C@@]23CCC(=O)NCCN2CCOCC2)cc1. The maximum Gasteiger partial charge on any atom is 0.251 e. The fourth-order valence-electron chi connectivity index (χ4n) is 7.20. The van der Waals surface area contributed by atoms with Crippen molar-refractivity contribution in [2.75, 3.05) is 58.4 Å². The van der Waals surface area contributed by atoms with E-state index in [9.17, 15) is 14.7 Å². The molecule has 212 valence electrons. The van der Waals surface area contributed by atoms with Crippen LogP contribution in [0, 0.1) is 16.7 Å². The third-order valence-corrected chi connectivity index (χ3v) is 9.46. The predicted molar refractivity (Wildman–Crippen MR) is 150 cm³/mol. The lowest BCUT2D eigenvalue weighted by atomic mass is 9.57. The molecule has 4 atom stereocenters. The number of nitrogens with zero attached hydrogens (tertiary/aromatic N) is 2. The van der Waals surface area contributed by atoms with Crippen LogP contribution in [-0.4, -0.2) is 87.0 Å². The third kappa shape index (κ3) is 6.52. The first-order chi connectivity index (χ1) is 17.9. The van der Waals surface area contributed by atoms with E-state index in [4.69, 9.17) is 4.74 Å². The largest absolute Gasteiger partial charge is 0.390 e. The van der Waals surface area contributed by atoms with E-state index in [0.717, 1.165) is 51.4 Å². The summed E-state index contributed by atoms with van der Waals surface area (Å²) in [5.41, 5.74) is 0.716. The third-order valence-electron chi connectivity index (χ3n) is 9.46. The molecule has 2 amide bonds. The second-order valence-corrected chi connectivity index (χ2v) is 13.0. The molecule has 2 aliphatic carbocycles. The zero-order chi connectivity index (χ0) is 27.6. The number of rotatable bonds is 9. The number of amides is 2. The lowest BCUT2D eigenvalue weighted by Gasteiger charge is -2.50. The monoisotopic (exact) mass is 528 g/mol. The average molecular weight is 529 g/mol. The summed E-state index contributed by atoms with van der Waals surface area (Å²) in [5.74, 6) is 0.225. The van der Waals surface area contributed by atoms with Crippen molar-refractivity contribution in [2.24, 2.45) is 16.7 Å². The van der Waals surface area contributed by atoms with Crippen LogP contribution < -0.4 is 15.5 Å². The second kappa shape index (κ2) is 11.5. The van der Waals surface area contributed by atoms with Crippen LogP contribution in [0.4, 0.5) is 5.69 Å². The summed E-state index contributed by atoms with van der Waals surface area (Å²) in [6.45, 7) is 11.3. The van der Waals surface area contributed by atoms with E-state index in [0.29, 0.717) is 37.8 Å². The molecule has 3 aliphatic rings. The first kappa shape index (κ1) is 28.8. The van der Waals surface area contributed by atoms with Gasteiger partial charge in [0.25, 0.3) is 5.91 Å². The smallest absolute Gasteiger partial charge is 0.251 e. The summed E-state index contributed by atoms with van der Waals surface area (Å²) in [5, 5.41) is 17.5. The second-order valence-electron chi connectivity index (χ2n) is 13.0. The Morgan fingerprint density at radius 1 is 1.08 bits per heavy atom. The molecule has 0 radical (unpaired) electrons. The van der Waals surface area contributed by atoms with Gasteiger partial charge in [0.15, 0.2) is 0 Å². The standard InChI is InChI=1S/C30H48N4O4/c1-28(2)21-25(32-27(36)22-6-8-23(9-7-22)33(4)5)30(13-12-29(3,37)20-24(28)30)11-10-26(35)31-14-15-34-16-18-38-19-17-34/h6-9,24-25,37H,10-21H2,1-5H3,(H,31,35)(H,32,36)/t24-,25-,29+,30+/m0/s1. The van der Waals surface area contributed by atoms with E-state index in [2.05, 4.69) is 29.4 Å². The van der Waals surface area contributed by atoms with Crippen molar-refractivity contribution in [1.82, 2.24) is 15.5 Å². The summed E-state index contributed by atoms with van der Waals surface area (Å²) < 4.78 is 5.41. The van der Waals surface area contributed by atoms with Gasteiger partial charge in [-0.15, -0.1) is 0 Å². The van der Waals surface area contributed by atoms with Crippen LogP contribution in [0.3, 0.4) is 0 Å². The van der Waals surface area contributed by atoms with Crippen LogP contribution >= 0.6 is 0 Å². The predicted octanol–water partition coefficient (Wildman–Crippen LogP) is 3.05. The van der Waals surface area contributed by atoms with Crippen molar-refractivity contribution in [3.8, 4) is 0 Å². The first-order valence-corrected chi connectivity index (χ1v) is 14.3. The van der Waals surface area contributed by atoms with E-state index >= 15 is 0 Å². The maximum absolute atomic E-state index is 13.4. The van der Waals surface area contributed by atoms with E-state index in [1.807, 2.05) is 50.2 Å². The number of ether oxygens (including phenoxy) is 1. The zero-order valence-corrected chi connectivity index (χ0v) is 24.0. The molecule has 1 aromatic carbocycles. The number of carbonyl (C=O) groups is 2. The molecule has 0 bridgehead atoms. The Hall–Kier alpha value is -2.16. The molecule has 4 rings (SSSR count). The van der Waals surface area contributed by atoms with Gasteiger partial charge in [-0.25, -0.2) is 0 Å². The maximum atomic E-state index is 13.4. The molecule has 3 fully saturated rings. The number of aliphatic hydroxyl groups is 1. The number of fused-ring (bicyclic) bond motifs is 1. The number of benzene rings is 1. The highest BCUT2D eigenvalue weighted by Crippen LogP contribution is 2.63. The van der Waals surface area contributed by atoms with Crippen LogP contribution in [0.15, 0.2) is 24.3 Å². The highest BCUT2D eigenvalue weighted by atomic mass is 16.5. The molecule has 2 saturated carbocycles. The highest BCUT2D eigenvalue weighted by molar-refractivity contribution is 5.94. The molecule has 3 N–H and O–H groups in total. The van der Waals surface area contributed by atoms with Gasteiger partial charge in [0.2, 0.25) is 5.91 Å². The van der Waals surface area contributed by atoms with Gasteiger partial charge < -0.3 is 25.4 Å². The Balaban J connectivity index is 1.45.